The van der Waals surface area contributed by atoms with Gasteiger partial charge in [-0.25, -0.2) is 4.79 Å². The summed E-state index contributed by atoms with van der Waals surface area (Å²) in [5, 5.41) is 5.92. The maximum atomic E-state index is 12.3. The minimum absolute atomic E-state index is 0.0893. The molecule has 2 fully saturated rings. The molecule has 140 valence electrons. The minimum Gasteiger partial charge on any atom is -0.374 e. The maximum absolute atomic E-state index is 12.3. The molecule has 2 N–H and O–H groups in total. The molecule has 0 aromatic heterocycles. The van der Waals surface area contributed by atoms with Gasteiger partial charge in [0.25, 0.3) is 11.8 Å². The molecule has 1 aromatic carbocycles. The molecule has 2 saturated heterocycles. The van der Waals surface area contributed by atoms with Crippen molar-refractivity contribution < 1.29 is 32.4 Å². The first-order valence-corrected chi connectivity index (χ1v) is 7.99. The molecule has 2 aliphatic heterocycles. The molecule has 1 atom stereocenters. The Hall–Kier alpha value is -2.62. The van der Waals surface area contributed by atoms with Gasteiger partial charge in [0.15, 0.2) is 0 Å². The fraction of sp³-hybridized carbons (Fsp3) is 0.438. The molecule has 7 nitrogen and oxygen atoms in total. The molecule has 2 aliphatic rings. The van der Waals surface area contributed by atoms with Gasteiger partial charge in [0.05, 0.1) is 0 Å². The van der Waals surface area contributed by atoms with Crippen molar-refractivity contribution in [3.8, 4) is 0 Å². The number of halogens is 3. The van der Waals surface area contributed by atoms with E-state index in [1.165, 1.54) is 0 Å². The molecule has 0 saturated carbocycles. The van der Waals surface area contributed by atoms with Gasteiger partial charge in [-0.1, -0.05) is 12.1 Å². The van der Waals surface area contributed by atoms with E-state index in [-0.39, 0.29) is 17.9 Å². The number of amides is 2. The lowest BCUT2D eigenvalue weighted by atomic mass is 9.93. The number of nitrogens with one attached hydrogen (secondary N) is 2. The molecule has 0 spiro atoms. The maximum Gasteiger partial charge on any atom is 0.493 e. The Morgan fingerprint density at radius 2 is 1.85 bits per heavy atom. The second kappa shape index (κ2) is 6.94. The molecule has 0 radical (unpaired) electrons. The number of nitrogens with zero attached hydrogens (tertiary/aromatic N) is 1. The van der Waals surface area contributed by atoms with Crippen molar-refractivity contribution in [3.63, 3.8) is 0 Å². The quantitative estimate of drug-likeness (QED) is 0.777. The van der Waals surface area contributed by atoms with E-state index < -0.39 is 30.0 Å². The van der Waals surface area contributed by atoms with E-state index in [0.29, 0.717) is 11.6 Å². The Morgan fingerprint density at radius 3 is 2.38 bits per heavy atom. The van der Waals surface area contributed by atoms with Gasteiger partial charge in [-0.2, -0.15) is 13.2 Å². The van der Waals surface area contributed by atoms with Gasteiger partial charge >= 0.3 is 12.1 Å². The molecule has 1 unspecified atom stereocenters. The summed E-state index contributed by atoms with van der Waals surface area (Å²) in [6, 6.07) is 6.33. The third kappa shape index (κ3) is 3.79. The van der Waals surface area contributed by atoms with Crippen LogP contribution in [0, 0.1) is 0 Å². The summed E-state index contributed by atoms with van der Waals surface area (Å²) < 4.78 is 36.9. The Morgan fingerprint density at radius 1 is 1.19 bits per heavy atom. The van der Waals surface area contributed by atoms with Crippen molar-refractivity contribution in [2.45, 2.75) is 31.0 Å². The van der Waals surface area contributed by atoms with Crippen LogP contribution in [0.2, 0.25) is 0 Å². The van der Waals surface area contributed by atoms with E-state index in [1.807, 2.05) is 12.1 Å². The Balaban J connectivity index is 1.65. The number of carbonyl (C=O) groups excluding carboxylic acids is 3. The highest BCUT2D eigenvalue weighted by Crippen LogP contribution is 2.24. The molecule has 2 amide bonds. The molecule has 3 rings (SSSR count). The minimum atomic E-state index is -5.30. The van der Waals surface area contributed by atoms with E-state index in [1.54, 1.807) is 12.1 Å². The largest absolute Gasteiger partial charge is 0.493 e. The number of alkyl halides is 3. The molecule has 2 heterocycles. The standard InChI is InChI=1S/C16H16F3N3O4/c17-16(18,19)15(25)26-22-13(23)6-5-12(14(22)24)21-11-3-1-9(2-4-11)10-7-20-8-10/h1-4,10,12,20-21H,5-8H2. The van der Waals surface area contributed by atoms with Crippen LogP contribution in [0.1, 0.15) is 24.3 Å². The summed E-state index contributed by atoms with van der Waals surface area (Å²) in [7, 11) is 0. The zero-order valence-electron chi connectivity index (χ0n) is 13.5. The number of piperidine rings is 1. The first-order chi connectivity index (χ1) is 12.3. The zero-order chi connectivity index (χ0) is 18.9. The third-order valence-corrected chi connectivity index (χ3v) is 4.28. The number of hydrogen-bond donors (Lipinski definition) is 2. The molecule has 26 heavy (non-hydrogen) atoms. The number of rotatable bonds is 4. The number of benzene rings is 1. The average Bonchev–Trinajstić information content (AvgIpc) is 2.53. The van der Waals surface area contributed by atoms with Gasteiger partial charge in [0, 0.05) is 31.1 Å². The summed E-state index contributed by atoms with van der Waals surface area (Å²) in [5.74, 6) is -4.20. The Bertz CT molecular complexity index is 716. The third-order valence-electron chi connectivity index (χ3n) is 4.28. The molecule has 0 aliphatic carbocycles. The Labute approximate surface area is 146 Å². The normalized spacial score (nSPS) is 21.3. The van der Waals surface area contributed by atoms with E-state index >= 15 is 0 Å². The van der Waals surface area contributed by atoms with Crippen molar-refractivity contribution in [1.82, 2.24) is 10.4 Å². The topological polar surface area (TPSA) is 87.7 Å². The number of hydrogen-bond acceptors (Lipinski definition) is 6. The summed E-state index contributed by atoms with van der Waals surface area (Å²) >= 11 is 0. The van der Waals surface area contributed by atoms with Gasteiger partial charge < -0.3 is 15.5 Å². The lowest BCUT2D eigenvalue weighted by Gasteiger charge is -2.30. The second-order valence-corrected chi connectivity index (χ2v) is 6.12. The van der Waals surface area contributed by atoms with Crippen LogP contribution < -0.4 is 10.6 Å². The smallest absolute Gasteiger partial charge is 0.374 e. The number of carbonyl (C=O) groups is 3. The van der Waals surface area contributed by atoms with Crippen molar-refractivity contribution >= 4 is 23.5 Å². The van der Waals surface area contributed by atoms with Crippen LogP contribution in [-0.4, -0.2) is 48.2 Å². The van der Waals surface area contributed by atoms with Gasteiger partial charge in [0.2, 0.25) is 0 Å². The van der Waals surface area contributed by atoms with Crippen LogP contribution >= 0.6 is 0 Å². The van der Waals surface area contributed by atoms with E-state index in [9.17, 15) is 27.6 Å². The lowest BCUT2D eigenvalue weighted by molar-refractivity contribution is -0.237. The highest BCUT2D eigenvalue weighted by molar-refractivity contribution is 6.01. The van der Waals surface area contributed by atoms with Crippen LogP contribution in [0.4, 0.5) is 18.9 Å². The molecular weight excluding hydrogens is 355 g/mol. The van der Waals surface area contributed by atoms with Crippen molar-refractivity contribution in [3.05, 3.63) is 29.8 Å². The summed E-state index contributed by atoms with van der Waals surface area (Å²) in [6.45, 7) is 1.80. The van der Waals surface area contributed by atoms with E-state index in [4.69, 9.17) is 0 Å². The van der Waals surface area contributed by atoms with Crippen LogP contribution in [0.5, 0.6) is 0 Å². The van der Waals surface area contributed by atoms with Crippen LogP contribution in [0.3, 0.4) is 0 Å². The van der Waals surface area contributed by atoms with Crippen LogP contribution in [0.25, 0.3) is 0 Å². The number of hydroxylamine groups is 2. The second-order valence-electron chi connectivity index (χ2n) is 6.12. The summed E-state index contributed by atoms with van der Waals surface area (Å²) in [4.78, 5) is 38.7. The summed E-state index contributed by atoms with van der Waals surface area (Å²) in [6.07, 6.45) is -5.43. The first-order valence-electron chi connectivity index (χ1n) is 7.99. The van der Waals surface area contributed by atoms with Crippen LogP contribution in [-0.2, 0) is 19.2 Å². The van der Waals surface area contributed by atoms with E-state index in [0.717, 1.165) is 18.7 Å². The highest BCUT2D eigenvalue weighted by Gasteiger charge is 2.46. The van der Waals surface area contributed by atoms with Crippen LogP contribution in [0.15, 0.2) is 24.3 Å². The molecule has 10 heteroatoms. The predicted molar refractivity (Wildman–Crippen MR) is 82.7 cm³/mol. The molecule has 0 bridgehead atoms. The van der Waals surface area contributed by atoms with Gasteiger partial charge in [0.1, 0.15) is 6.04 Å². The highest BCUT2D eigenvalue weighted by atomic mass is 19.4. The van der Waals surface area contributed by atoms with Gasteiger partial charge in [-0.15, -0.1) is 5.06 Å². The Kier molecular flexibility index (Phi) is 4.86. The number of imide groups is 1. The lowest BCUT2D eigenvalue weighted by Crippen LogP contribution is -2.52. The predicted octanol–water partition coefficient (Wildman–Crippen LogP) is 1.32. The molecular formula is C16H16F3N3O4. The average molecular weight is 371 g/mol. The van der Waals surface area contributed by atoms with Crippen molar-refractivity contribution in [2.75, 3.05) is 18.4 Å². The first kappa shape index (κ1) is 18.2. The van der Waals surface area contributed by atoms with E-state index in [2.05, 4.69) is 15.5 Å². The van der Waals surface area contributed by atoms with Gasteiger partial charge in [-0.3, -0.25) is 9.59 Å². The molecule has 1 aromatic rings. The number of anilines is 1. The fourth-order valence-electron chi connectivity index (χ4n) is 2.70. The summed E-state index contributed by atoms with van der Waals surface area (Å²) in [5.41, 5.74) is 1.72. The fourth-order valence-corrected chi connectivity index (χ4v) is 2.70. The van der Waals surface area contributed by atoms with Gasteiger partial charge in [-0.05, 0) is 24.1 Å². The monoisotopic (exact) mass is 371 g/mol. The van der Waals surface area contributed by atoms with Crippen molar-refractivity contribution in [2.24, 2.45) is 0 Å². The van der Waals surface area contributed by atoms with Crippen molar-refractivity contribution in [1.29, 1.82) is 0 Å². The zero-order valence-corrected chi connectivity index (χ0v) is 13.5. The SMILES string of the molecule is O=C1CCC(Nc2ccc(C3CNC3)cc2)C(=O)N1OC(=O)C(F)(F)F.